The van der Waals surface area contributed by atoms with Crippen LogP contribution in [0.2, 0.25) is 0 Å². The van der Waals surface area contributed by atoms with Crippen molar-refractivity contribution < 1.29 is 9.72 Å². The average molecular weight is 277 g/mol. The fraction of sp³-hybridized carbons (Fsp3) is 0.500. The Kier molecular flexibility index (Phi) is 4.55. The van der Waals surface area contributed by atoms with Gasteiger partial charge >= 0.3 is 5.69 Å². The fourth-order valence-electron chi connectivity index (χ4n) is 2.67. The van der Waals surface area contributed by atoms with E-state index in [1.165, 1.54) is 31.4 Å². The Bertz CT molecular complexity index is 510. The number of nitrogens with zero attached hydrogens (tertiary/aromatic N) is 1. The largest absolute Gasteiger partial charge is 0.393 e. The number of nitro benzene ring substituents is 1. The highest BCUT2D eigenvalue weighted by Gasteiger charge is 2.23. The second-order valence-electron chi connectivity index (χ2n) is 5.21. The molecule has 0 bridgehead atoms. The number of para-hydroxylation sites is 1. The first-order valence-corrected chi connectivity index (χ1v) is 6.90. The van der Waals surface area contributed by atoms with Gasteiger partial charge in [0.25, 0.3) is 5.91 Å². The Morgan fingerprint density at radius 1 is 1.35 bits per heavy atom. The zero-order valence-corrected chi connectivity index (χ0v) is 11.3. The molecule has 1 saturated carbocycles. The Morgan fingerprint density at radius 2 is 2.05 bits per heavy atom. The lowest BCUT2D eigenvalue weighted by molar-refractivity contribution is -0.384. The Balaban J connectivity index is 2.05. The van der Waals surface area contributed by atoms with Gasteiger partial charge in [0.05, 0.1) is 4.92 Å². The topological polar surface area (TPSA) is 98.3 Å². The first kappa shape index (κ1) is 14.3. The highest BCUT2D eigenvalue weighted by Crippen LogP contribution is 2.26. The molecule has 0 aromatic heterocycles. The third-order valence-electron chi connectivity index (χ3n) is 3.77. The molecule has 6 heteroatoms. The molecule has 108 valence electrons. The number of nitrogen functional groups attached to an aromatic ring is 1. The molecule has 1 aliphatic carbocycles. The number of hydrogen-bond donors (Lipinski definition) is 2. The van der Waals surface area contributed by atoms with Crippen molar-refractivity contribution in [2.24, 2.45) is 5.92 Å². The Morgan fingerprint density at radius 3 is 2.70 bits per heavy atom. The van der Waals surface area contributed by atoms with E-state index in [9.17, 15) is 14.9 Å². The summed E-state index contributed by atoms with van der Waals surface area (Å²) in [6, 6.07) is 4.42. The van der Waals surface area contributed by atoms with Gasteiger partial charge in [-0.05, 0) is 30.9 Å². The molecule has 2 rings (SSSR count). The molecule has 0 unspecified atom stereocenters. The summed E-state index contributed by atoms with van der Waals surface area (Å²) in [5.41, 5.74) is 5.31. The van der Waals surface area contributed by atoms with Crippen LogP contribution >= 0.6 is 0 Å². The van der Waals surface area contributed by atoms with Crippen LogP contribution in [0.5, 0.6) is 0 Å². The van der Waals surface area contributed by atoms with E-state index >= 15 is 0 Å². The van der Waals surface area contributed by atoms with Gasteiger partial charge in [-0.1, -0.05) is 25.3 Å². The predicted molar refractivity (Wildman–Crippen MR) is 76.4 cm³/mol. The van der Waals surface area contributed by atoms with Crippen LogP contribution in [0.15, 0.2) is 18.2 Å². The van der Waals surface area contributed by atoms with E-state index in [1.54, 1.807) is 6.07 Å². The first-order valence-electron chi connectivity index (χ1n) is 6.90. The molecule has 1 aromatic rings. The maximum Gasteiger partial charge on any atom is 0.304 e. The number of carbonyl (C=O) groups excluding carboxylic acids is 1. The summed E-state index contributed by atoms with van der Waals surface area (Å²) in [6.07, 6.45) is 5.86. The van der Waals surface area contributed by atoms with Gasteiger partial charge in [0.15, 0.2) is 0 Å². The molecule has 1 aliphatic rings. The zero-order chi connectivity index (χ0) is 14.5. The van der Waals surface area contributed by atoms with Crippen molar-refractivity contribution in [2.75, 3.05) is 12.3 Å². The second kappa shape index (κ2) is 6.36. The van der Waals surface area contributed by atoms with E-state index in [2.05, 4.69) is 5.32 Å². The van der Waals surface area contributed by atoms with E-state index in [4.69, 9.17) is 5.73 Å². The van der Waals surface area contributed by atoms with Gasteiger partial charge in [-0.2, -0.15) is 0 Å². The molecule has 0 heterocycles. The lowest BCUT2D eigenvalue weighted by atomic mass is 9.89. The number of nitrogens with two attached hydrogens (primary N) is 1. The number of hydrogen-bond acceptors (Lipinski definition) is 4. The van der Waals surface area contributed by atoms with Crippen molar-refractivity contribution in [2.45, 2.75) is 32.1 Å². The van der Waals surface area contributed by atoms with Crippen LogP contribution in [0.3, 0.4) is 0 Å². The second-order valence-corrected chi connectivity index (χ2v) is 5.21. The Labute approximate surface area is 117 Å². The molecular weight excluding hydrogens is 258 g/mol. The third-order valence-corrected chi connectivity index (χ3v) is 3.77. The fourth-order valence-corrected chi connectivity index (χ4v) is 2.67. The minimum absolute atomic E-state index is 0.0142. The number of rotatable bonds is 4. The molecule has 0 atom stereocenters. The molecule has 1 aromatic carbocycles. The lowest BCUT2D eigenvalue weighted by Gasteiger charge is -2.21. The zero-order valence-electron chi connectivity index (χ0n) is 11.3. The van der Waals surface area contributed by atoms with E-state index in [0.29, 0.717) is 12.5 Å². The van der Waals surface area contributed by atoms with Gasteiger partial charge in [-0.25, -0.2) is 0 Å². The van der Waals surface area contributed by atoms with E-state index in [0.717, 1.165) is 12.8 Å². The molecule has 0 spiro atoms. The Hall–Kier alpha value is -2.11. The van der Waals surface area contributed by atoms with Crippen LogP contribution in [0, 0.1) is 16.0 Å². The average Bonchev–Trinajstić information content (AvgIpc) is 2.45. The highest BCUT2D eigenvalue weighted by atomic mass is 16.6. The van der Waals surface area contributed by atoms with Crippen LogP contribution in [-0.2, 0) is 0 Å². The van der Waals surface area contributed by atoms with E-state index in [1.807, 2.05) is 0 Å². The van der Waals surface area contributed by atoms with Gasteiger partial charge in [0.1, 0.15) is 11.3 Å². The van der Waals surface area contributed by atoms with E-state index in [-0.39, 0.29) is 16.9 Å². The van der Waals surface area contributed by atoms with Crippen molar-refractivity contribution in [3.63, 3.8) is 0 Å². The van der Waals surface area contributed by atoms with Gasteiger partial charge in [0, 0.05) is 6.54 Å². The molecular formula is C14H19N3O3. The minimum Gasteiger partial charge on any atom is -0.393 e. The van der Waals surface area contributed by atoms with Crippen molar-refractivity contribution in [1.82, 2.24) is 5.32 Å². The summed E-state index contributed by atoms with van der Waals surface area (Å²) < 4.78 is 0. The van der Waals surface area contributed by atoms with Gasteiger partial charge in [-0.3, -0.25) is 14.9 Å². The minimum atomic E-state index is -0.606. The number of amides is 1. The predicted octanol–water partition coefficient (Wildman–Crippen LogP) is 2.49. The summed E-state index contributed by atoms with van der Waals surface area (Å²) in [7, 11) is 0. The maximum absolute atomic E-state index is 12.1. The van der Waals surface area contributed by atoms with Crippen molar-refractivity contribution >= 4 is 17.3 Å². The highest BCUT2D eigenvalue weighted by molar-refractivity contribution is 6.00. The molecule has 6 nitrogen and oxygen atoms in total. The summed E-state index contributed by atoms with van der Waals surface area (Å²) >= 11 is 0. The van der Waals surface area contributed by atoms with Crippen LogP contribution in [0.1, 0.15) is 42.5 Å². The summed E-state index contributed by atoms with van der Waals surface area (Å²) in [4.78, 5) is 22.5. The van der Waals surface area contributed by atoms with Crippen molar-refractivity contribution in [3.05, 3.63) is 33.9 Å². The molecule has 0 aliphatic heterocycles. The summed E-state index contributed by atoms with van der Waals surface area (Å²) in [5, 5.41) is 13.8. The number of anilines is 1. The van der Waals surface area contributed by atoms with Gasteiger partial charge in [0.2, 0.25) is 0 Å². The van der Waals surface area contributed by atoms with Crippen molar-refractivity contribution in [1.29, 1.82) is 0 Å². The molecule has 1 fully saturated rings. The number of benzene rings is 1. The van der Waals surface area contributed by atoms with Crippen LogP contribution in [0.4, 0.5) is 11.4 Å². The number of nitro groups is 1. The standard InChI is InChI=1S/C14H19N3O3/c15-12-8-4-7-11(13(12)17(19)20)14(18)16-9-10-5-2-1-3-6-10/h4,7-8,10H,1-3,5-6,9,15H2,(H,16,18). The molecule has 0 saturated heterocycles. The van der Waals surface area contributed by atoms with Crippen molar-refractivity contribution in [3.8, 4) is 0 Å². The SMILES string of the molecule is Nc1cccc(C(=O)NCC2CCCCC2)c1[N+](=O)[O-]. The lowest BCUT2D eigenvalue weighted by Crippen LogP contribution is -2.30. The van der Waals surface area contributed by atoms with E-state index < -0.39 is 10.8 Å². The molecule has 3 N–H and O–H groups in total. The molecule has 0 radical (unpaired) electrons. The van der Waals surface area contributed by atoms with Crippen LogP contribution in [0.25, 0.3) is 0 Å². The summed E-state index contributed by atoms with van der Waals surface area (Å²) in [5.74, 6) is 0.0578. The maximum atomic E-state index is 12.1. The normalized spacial score (nSPS) is 15.8. The molecule has 20 heavy (non-hydrogen) atoms. The van der Waals surface area contributed by atoms with Crippen LogP contribution in [-0.4, -0.2) is 17.4 Å². The van der Waals surface area contributed by atoms with Gasteiger partial charge < -0.3 is 11.1 Å². The van der Waals surface area contributed by atoms with Gasteiger partial charge in [-0.15, -0.1) is 0 Å². The number of nitrogens with one attached hydrogen (secondary N) is 1. The third kappa shape index (κ3) is 3.26. The monoisotopic (exact) mass is 277 g/mol. The summed E-state index contributed by atoms with van der Waals surface area (Å²) in [6.45, 7) is 0.574. The quantitative estimate of drug-likeness (QED) is 0.501. The first-order chi connectivity index (χ1) is 9.59. The number of carbonyl (C=O) groups is 1. The smallest absolute Gasteiger partial charge is 0.304 e. The van der Waals surface area contributed by atoms with Crippen LogP contribution < -0.4 is 11.1 Å². The molecule has 1 amide bonds.